The summed E-state index contributed by atoms with van der Waals surface area (Å²) in [6.07, 6.45) is 4.16. The maximum atomic E-state index is 11.4. The second kappa shape index (κ2) is 11.3. The van der Waals surface area contributed by atoms with E-state index in [0.29, 0.717) is 60.0 Å². The summed E-state index contributed by atoms with van der Waals surface area (Å²) in [5.74, 6) is 0.753. The van der Waals surface area contributed by atoms with Gasteiger partial charge in [-0.05, 0) is 50.7 Å². The quantitative estimate of drug-likeness (QED) is 0.443. The molecular formula is C25H32N6O5. The molecule has 1 aliphatic rings. The summed E-state index contributed by atoms with van der Waals surface area (Å²) in [6, 6.07) is 5.33. The molecule has 0 bridgehead atoms. The first kappa shape index (κ1) is 25.3. The molecule has 0 saturated heterocycles. The van der Waals surface area contributed by atoms with Crippen LogP contribution in [0.2, 0.25) is 0 Å². The van der Waals surface area contributed by atoms with Gasteiger partial charge in [-0.25, -0.2) is 19.6 Å². The molecule has 0 aliphatic heterocycles. The van der Waals surface area contributed by atoms with Gasteiger partial charge in [0.25, 0.3) is 0 Å². The molecule has 3 aromatic rings. The zero-order valence-corrected chi connectivity index (χ0v) is 21.0. The van der Waals surface area contributed by atoms with Crippen LogP contribution >= 0.6 is 0 Å². The van der Waals surface area contributed by atoms with Gasteiger partial charge in [-0.1, -0.05) is 19.1 Å². The number of ether oxygens (including phenoxy) is 3. The van der Waals surface area contributed by atoms with Crippen molar-refractivity contribution in [2.24, 2.45) is 18.9 Å². The van der Waals surface area contributed by atoms with Gasteiger partial charge in [0, 0.05) is 7.05 Å². The number of carbonyl (C=O) groups is 1. The van der Waals surface area contributed by atoms with E-state index < -0.39 is 5.97 Å². The molecule has 1 N–H and O–H groups in total. The van der Waals surface area contributed by atoms with Crippen molar-refractivity contribution in [3.05, 3.63) is 35.9 Å². The Balaban J connectivity index is 1.44. The van der Waals surface area contributed by atoms with Crippen LogP contribution in [-0.2, 0) is 18.4 Å². The van der Waals surface area contributed by atoms with Crippen molar-refractivity contribution in [1.82, 2.24) is 29.9 Å². The number of nitrogens with zero attached hydrogens (tertiary/aromatic N) is 6. The van der Waals surface area contributed by atoms with E-state index in [-0.39, 0.29) is 18.6 Å². The standard InChI is InChI=1S/C25H32N6O5/c1-15(2)12-34-22-11-23(27-14-26-22)35-13-20-24(29-30-31(20)4)19-8-9-21(16(3)28-19)36-18-7-5-6-17(10-18)25(32)33/h8-9,11,14-15,17-18H,5-7,10,12-13H2,1-4H3,(H,32,33)/t17-,18-/m0/s1. The van der Waals surface area contributed by atoms with E-state index in [0.717, 1.165) is 18.5 Å². The Bertz CT molecular complexity index is 1200. The lowest BCUT2D eigenvalue weighted by Crippen LogP contribution is -2.29. The molecule has 11 nitrogen and oxygen atoms in total. The number of hydrogen-bond acceptors (Lipinski definition) is 9. The Hall–Kier alpha value is -3.76. The van der Waals surface area contributed by atoms with Crippen molar-refractivity contribution >= 4 is 5.97 Å². The lowest BCUT2D eigenvalue weighted by Gasteiger charge is -2.27. The number of rotatable bonds is 10. The molecule has 36 heavy (non-hydrogen) atoms. The Morgan fingerprint density at radius 3 is 2.69 bits per heavy atom. The topological polar surface area (TPSA) is 134 Å². The van der Waals surface area contributed by atoms with Gasteiger partial charge in [0.05, 0.1) is 36.1 Å². The minimum atomic E-state index is -0.757. The normalized spacial score (nSPS) is 17.7. The second-order valence-electron chi connectivity index (χ2n) is 9.42. The molecule has 1 saturated carbocycles. The van der Waals surface area contributed by atoms with Gasteiger partial charge < -0.3 is 19.3 Å². The maximum Gasteiger partial charge on any atom is 0.306 e. The third-order valence-corrected chi connectivity index (χ3v) is 6.03. The highest BCUT2D eigenvalue weighted by molar-refractivity contribution is 5.70. The molecule has 0 radical (unpaired) electrons. The molecule has 1 aliphatic carbocycles. The van der Waals surface area contributed by atoms with Gasteiger partial charge in [-0.2, -0.15) is 0 Å². The molecule has 0 aromatic carbocycles. The molecule has 3 heterocycles. The van der Waals surface area contributed by atoms with E-state index >= 15 is 0 Å². The first-order chi connectivity index (χ1) is 17.3. The van der Waals surface area contributed by atoms with E-state index in [9.17, 15) is 9.90 Å². The zero-order valence-electron chi connectivity index (χ0n) is 21.0. The molecule has 1 fully saturated rings. The van der Waals surface area contributed by atoms with Crippen LogP contribution in [0.25, 0.3) is 11.4 Å². The van der Waals surface area contributed by atoms with Crippen LogP contribution in [0.1, 0.15) is 50.9 Å². The third-order valence-electron chi connectivity index (χ3n) is 6.03. The molecule has 0 amide bonds. The van der Waals surface area contributed by atoms with Gasteiger partial charge >= 0.3 is 5.97 Å². The van der Waals surface area contributed by atoms with Crippen LogP contribution in [0.3, 0.4) is 0 Å². The lowest BCUT2D eigenvalue weighted by molar-refractivity contribution is -0.143. The van der Waals surface area contributed by atoms with E-state index in [1.165, 1.54) is 6.33 Å². The molecule has 2 atom stereocenters. The zero-order chi connectivity index (χ0) is 25.7. The highest BCUT2D eigenvalue weighted by Crippen LogP contribution is 2.30. The molecule has 192 valence electrons. The van der Waals surface area contributed by atoms with Gasteiger partial charge in [0.1, 0.15) is 30.1 Å². The van der Waals surface area contributed by atoms with Crippen LogP contribution in [-0.4, -0.2) is 53.7 Å². The number of aromatic nitrogens is 6. The van der Waals surface area contributed by atoms with Crippen molar-refractivity contribution < 1.29 is 24.1 Å². The Morgan fingerprint density at radius 2 is 1.97 bits per heavy atom. The molecule has 11 heteroatoms. The smallest absolute Gasteiger partial charge is 0.306 e. The van der Waals surface area contributed by atoms with Crippen molar-refractivity contribution in [3.8, 4) is 28.9 Å². The minimum Gasteiger partial charge on any atom is -0.489 e. The van der Waals surface area contributed by atoms with Crippen molar-refractivity contribution in [3.63, 3.8) is 0 Å². The molecule has 4 rings (SSSR count). The lowest BCUT2D eigenvalue weighted by atomic mass is 9.87. The Morgan fingerprint density at radius 1 is 1.19 bits per heavy atom. The molecular weight excluding hydrogens is 464 g/mol. The number of carboxylic acid groups (broad SMARTS) is 1. The minimum absolute atomic E-state index is 0.131. The summed E-state index contributed by atoms with van der Waals surface area (Å²) >= 11 is 0. The highest BCUT2D eigenvalue weighted by Gasteiger charge is 2.28. The van der Waals surface area contributed by atoms with Crippen molar-refractivity contribution in [2.45, 2.75) is 59.2 Å². The van der Waals surface area contributed by atoms with E-state index in [2.05, 4.69) is 39.1 Å². The van der Waals surface area contributed by atoms with Crippen LogP contribution in [0, 0.1) is 18.8 Å². The molecule has 0 spiro atoms. The summed E-state index contributed by atoms with van der Waals surface area (Å²) in [5, 5.41) is 17.8. The summed E-state index contributed by atoms with van der Waals surface area (Å²) in [7, 11) is 1.79. The SMILES string of the molecule is Cc1nc(-c2nnn(C)c2COc2cc(OCC(C)C)ncn2)ccc1O[C@H]1CCC[C@H](C(=O)O)C1. The summed E-state index contributed by atoms with van der Waals surface area (Å²) in [5.41, 5.74) is 2.67. The molecule has 0 unspecified atom stereocenters. The summed E-state index contributed by atoms with van der Waals surface area (Å²) in [4.78, 5) is 24.3. The number of pyridine rings is 1. The summed E-state index contributed by atoms with van der Waals surface area (Å²) < 4.78 is 19.3. The first-order valence-corrected chi connectivity index (χ1v) is 12.1. The van der Waals surface area contributed by atoms with Crippen molar-refractivity contribution in [1.29, 1.82) is 0 Å². The van der Waals surface area contributed by atoms with Crippen LogP contribution in [0.15, 0.2) is 24.5 Å². The largest absolute Gasteiger partial charge is 0.489 e. The predicted molar refractivity (Wildman–Crippen MR) is 130 cm³/mol. The van der Waals surface area contributed by atoms with E-state index in [1.54, 1.807) is 17.8 Å². The number of aliphatic carboxylic acids is 1. The van der Waals surface area contributed by atoms with E-state index in [4.69, 9.17) is 14.2 Å². The fraction of sp³-hybridized carbons (Fsp3) is 0.520. The second-order valence-corrected chi connectivity index (χ2v) is 9.42. The van der Waals surface area contributed by atoms with Crippen LogP contribution < -0.4 is 14.2 Å². The number of carboxylic acids is 1. The molecule has 3 aromatic heterocycles. The fourth-order valence-corrected chi connectivity index (χ4v) is 4.07. The first-order valence-electron chi connectivity index (χ1n) is 12.1. The Labute approximate surface area is 209 Å². The number of aryl methyl sites for hydroxylation is 2. The number of hydrogen-bond donors (Lipinski definition) is 1. The predicted octanol–water partition coefficient (Wildman–Crippen LogP) is 3.61. The van der Waals surface area contributed by atoms with Crippen LogP contribution in [0.4, 0.5) is 0 Å². The van der Waals surface area contributed by atoms with Gasteiger partial charge in [0.15, 0.2) is 0 Å². The highest BCUT2D eigenvalue weighted by atomic mass is 16.5. The van der Waals surface area contributed by atoms with Gasteiger partial charge in [-0.15, -0.1) is 5.10 Å². The fourth-order valence-electron chi connectivity index (χ4n) is 4.07. The van der Waals surface area contributed by atoms with Crippen molar-refractivity contribution in [2.75, 3.05) is 6.61 Å². The average molecular weight is 497 g/mol. The average Bonchev–Trinajstić information content (AvgIpc) is 3.23. The Kier molecular flexibility index (Phi) is 7.97. The maximum absolute atomic E-state index is 11.4. The third kappa shape index (κ3) is 6.27. The van der Waals surface area contributed by atoms with Gasteiger partial charge in [0.2, 0.25) is 11.8 Å². The monoisotopic (exact) mass is 496 g/mol. The van der Waals surface area contributed by atoms with Gasteiger partial charge in [-0.3, -0.25) is 4.79 Å². The summed E-state index contributed by atoms with van der Waals surface area (Å²) in [6.45, 7) is 6.72. The van der Waals surface area contributed by atoms with E-state index in [1.807, 2.05) is 19.1 Å². The van der Waals surface area contributed by atoms with Crippen LogP contribution in [0.5, 0.6) is 17.5 Å².